The summed E-state index contributed by atoms with van der Waals surface area (Å²) in [6.07, 6.45) is 0. The third-order valence-corrected chi connectivity index (χ3v) is 4.13. The number of nitrogen functional groups attached to an aromatic ring is 1. The number of nitrogens with two attached hydrogens (primary N) is 1. The quantitative estimate of drug-likeness (QED) is 0.627. The van der Waals surface area contributed by atoms with Gasteiger partial charge in [0.1, 0.15) is 5.82 Å². The molecule has 0 radical (unpaired) electrons. The van der Waals surface area contributed by atoms with Gasteiger partial charge in [0, 0.05) is 15.6 Å². The van der Waals surface area contributed by atoms with Gasteiger partial charge in [-0.1, -0.05) is 11.6 Å². The first-order chi connectivity index (χ1) is 9.31. The third-order valence-electron chi connectivity index (χ3n) is 3.16. The Bertz CT molecular complexity index is 656. The number of aryl methyl sites for hydroxylation is 2. The second-order valence-corrected chi connectivity index (χ2v) is 5.86. The normalized spacial score (nSPS) is 10.7. The maximum atomic E-state index is 13.3. The summed E-state index contributed by atoms with van der Waals surface area (Å²) in [7, 11) is 0. The zero-order chi connectivity index (χ0) is 15.0. The fraction of sp³-hybridized carbons (Fsp3) is 0.133. The van der Waals surface area contributed by atoms with Gasteiger partial charge in [-0.2, -0.15) is 0 Å². The van der Waals surface area contributed by atoms with Gasteiger partial charge in [-0.3, -0.25) is 4.79 Å². The number of carbonyl (C=O) groups excluding carboxylic acids is 1. The standard InChI is InChI=1S/C15H12BrClFNO/c1-7-3-10(12(17)4-8(7)2)15(20)9-5-14(19)13(18)6-11(9)16/h3-6H,19H2,1-2H3. The SMILES string of the molecule is Cc1cc(Cl)c(C(=O)c2cc(N)c(F)cc2Br)cc1C. The van der Waals surface area contributed by atoms with Crippen LogP contribution in [-0.2, 0) is 0 Å². The van der Waals surface area contributed by atoms with Gasteiger partial charge in [0.15, 0.2) is 5.78 Å². The molecule has 104 valence electrons. The lowest BCUT2D eigenvalue weighted by Crippen LogP contribution is -2.06. The smallest absolute Gasteiger partial charge is 0.195 e. The van der Waals surface area contributed by atoms with Crippen LogP contribution in [0.25, 0.3) is 0 Å². The second-order valence-electron chi connectivity index (χ2n) is 4.60. The fourth-order valence-electron chi connectivity index (χ4n) is 1.84. The van der Waals surface area contributed by atoms with Crippen molar-refractivity contribution in [2.75, 3.05) is 5.73 Å². The van der Waals surface area contributed by atoms with Crippen LogP contribution in [0.15, 0.2) is 28.7 Å². The van der Waals surface area contributed by atoms with E-state index < -0.39 is 5.82 Å². The lowest BCUT2D eigenvalue weighted by atomic mass is 9.99. The third kappa shape index (κ3) is 2.72. The number of hydrogen-bond acceptors (Lipinski definition) is 2. The zero-order valence-corrected chi connectivity index (χ0v) is 13.3. The number of carbonyl (C=O) groups is 1. The molecule has 0 amide bonds. The van der Waals surface area contributed by atoms with Crippen molar-refractivity contribution >= 4 is 39.0 Å². The summed E-state index contributed by atoms with van der Waals surface area (Å²) >= 11 is 9.31. The van der Waals surface area contributed by atoms with Crippen molar-refractivity contribution in [3.05, 3.63) is 61.8 Å². The van der Waals surface area contributed by atoms with E-state index in [2.05, 4.69) is 15.9 Å². The Morgan fingerprint density at radius 1 is 1.15 bits per heavy atom. The van der Waals surface area contributed by atoms with Gasteiger partial charge in [0.05, 0.1) is 10.7 Å². The van der Waals surface area contributed by atoms with Gasteiger partial charge in [-0.15, -0.1) is 0 Å². The molecule has 0 saturated heterocycles. The lowest BCUT2D eigenvalue weighted by Gasteiger charge is -2.10. The summed E-state index contributed by atoms with van der Waals surface area (Å²) in [6, 6.07) is 5.96. The van der Waals surface area contributed by atoms with Crippen LogP contribution in [-0.4, -0.2) is 5.78 Å². The van der Waals surface area contributed by atoms with Gasteiger partial charge < -0.3 is 5.73 Å². The molecular weight excluding hydrogens is 345 g/mol. The van der Waals surface area contributed by atoms with Crippen molar-refractivity contribution in [1.29, 1.82) is 0 Å². The molecule has 0 atom stereocenters. The van der Waals surface area contributed by atoms with Gasteiger partial charge >= 0.3 is 0 Å². The van der Waals surface area contributed by atoms with E-state index in [0.29, 0.717) is 15.1 Å². The Balaban J connectivity index is 2.57. The molecule has 0 aliphatic heterocycles. The molecule has 2 aromatic carbocycles. The Hall–Kier alpha value is -1.39. The molecule has 2 nitrogen and oxygen atoms in total. The van der Waals surface area contributed by atoms with E-state index in [1.165, 1.54) is 12.1 Å². The van der Waals surface area contributed by atoms with Crippen molar-refractivity contribution < 1.29 is 9.18 Å². The van der Waals surface area contributed by atoms with E-state index in [-0.39, 0.29) is 17.0 Å². The van der Waals surface area contributed by atoms with Crippen molar-refractivity contribution in [1.82, 2.24) is 0 Å². The van der Waals surface area contributed by atoms with Crippen LogP contribution in [0.1, 0.15) is 27.0 Å². The van der Waals surface area contributed by atoms with E-state index in [1.807, 2.05) is 13.8 Å². The molecule has 2 rings (SSSR count). The molecule has 20 heavy (non-hydrogen) atoms. The van der Waals surface area contributed by atoms with E-state index in [0.717, 1.165) is 11.1 Å². The summed E-state index contributed by atoms with van der Waals surface area (Å²) in [5.74, 6) is -0.865. The molecule has 0 saturated carbocycles. The Morgan fingerprint density at radius 3 is 2.40 bits per heavy atom. The molecular formula is C15H12BrClFNO. The molecule has 5 heteroatoms. The van der Waals surface area contributed by atoms with Gasteiger partial charge in [0.2, 0.25) is 0 Å². The summed E-state index contributed by atoms with van der Waals surface area (Å²) in [6.45, 7) is 3.82. The molecule has 0 fully saturated rings. The van der Waals surface area contributed by atoms with Crippen LogP contribution in [0.5, 0.6) is 0 Å². The molecule has 2 N–H and O–H groups in total. The van der Waals surface area contributed by atoms with Crippen LogP contribution < -0.4 is 5.73 Å². The number of benzene rings is 2. The summed E-state index contributed by atoms with van der Waals surface area (Å²) < 4.78 is 13.7. The Kier molecular flexibility index (Phi) is 4.16. The monoisotopic (exact) mass is 355 g/mol. The maximum Gasteiger partial charge on any atom is 0.195 e. The van der Waals surface area contributed by atoms with Crippen LogP contribution in [0, 0.1) is 19.7 Å². The first-order valence-corrected chi connectivity index (χ1v) is 7.04. The summed E-state index contributed by atoms with van der Waals surface area (Å²) in [5, 5.41) is 0.368. The van der Waals surface area contributed by atoms with Gasteiger partial charge in [-0.05, 0) is 65.2 Å². The number of ketones is 1. The highest BCUT2D eigenvalue weighted by Crippen LogP contribution is 2.29. The van der Waals surface area contributed by atoms with E-state index in [1.54, 1.807) is 12.1 Å². The molecule has 0 spiro atoms. The molecule has 0 unspecified atom stereocenters. The average molecular weight is 357 g/mol. The van der Waals surface area contributed by atoms with E-state index in [4.69, 9.17) is 17.3 Å². The first-order valence-electron chi connectivity index (χ1n) is 5.87. The van der Waals surface area contributed by atoms with Crippen molar-refractivity contribution in [3.8, 4) is 0 Å². The van der Waals surface area contributed by atoms with Crippen molar-refractivity contribution in [2.24, 2.45) is 0 Å². The van der Waals surface area contributed by atoms with Gasteiger partial charge in [-0.25, -0.2) is 4.39 Å². The first kappa shape index (κ1) is 15.0. The zero-order valence-electron chi connectivity index (χ0n) is 10.9. The van der Waals surface area contributed by atoms with Crippen LogP contribution in [0.3, 0.4) is 0 Å². The van der Waals surface area contributed by atoms with Crippen LogP contribution >= 0.6 is 27.5 Å². The minimum Gasteiger partial charge on any atom is -0.396 e. The minimum atomic E-state index is -0.570. The number of rotatable bonds is 2. The molecule has 0 bridgehead atoms. The number of anilines is 1. The molecule has 0 heterocycles. The second kappa shape index (κ2) is 5.54. The maximum absolute atomic E-state index is 13.3. The van der Waals surface area contributed by atoms with E-state index in [9.17, 15) is 9.18 Å². The molecule has 2 aromatic rings. The number of hydrogen-bond donors (Lipinski definition) is 1. The van der Waals surface area contributed by atoms with Crippen molar-refractivity contribution in [2.45, 2.75) is 13.8 Å². The highest BCUT2D eigenvalue weighted by molar-refractivity contribution is 9.10. The average Bonchev–Trinajstić information content (AvgIpc) is 2.37. The highest BCUT2D eigenvalue weighted by Gasteiger charge is 2.18. The fourth-order valence-corrected chi connectivity index (χ4v) is 2.64. The summed E-state index contributed by atoms with van der Waals surface area (Å²) in [4.78, 5) is 12.5. The Labute approximate surface area is 129 Å². The minimum absolute atomic E-state index is 0.0727. The predicted molar refractivity (Wildman–Crippen MR) is 82.9 cm³/mol. The topological polar surface area (TPSA) is 43.1 Å². The number of halogens is 3. The predicted octanol–water partition coefficient (Wildman–Crippen LogP) is 4.67. The summed E-state index contributed by atoms with van der Waals surface area (Å²) in [5.41, 5.74) is 8.07. The lowest BCUT2D eigenvalue weighted by molar-refractivity contribution is 0.103. The molecule has 0 aliphatic rings. The molecule has 0 aliphatic carbocycles. The largest absolute Gasteiger partial charge is 0.396 e. The molecule has 0 aromatic heterocycles. The van der Waals surface area contributed by atoms with E-state index >= 15 is 0 Å². The van der Waals surface area contributed by atoms with Gasteiger partial charge in [0.25, 0.3) is 0 Å². The van der Waals surface area contributed by atoms with Crippen LogP contribution in [0.4, 0.5) is 10.1 Å². The van der Waals surface area contributed by atoms with Crippen molar-refractivity contribution in [3.63, 3.8) is 0 Å². The highest BCUT2D eigenvalue weighted by atomic mass is 79.9. The Morgan fingerprint density at radius 2 is 1.75 bits per heavy atom. The van der Waals surface area contributed by atoms with Crippen LogP contribution in [0.2, 0.25) is 5.02 Å².